The third kappa shape index (κ3) is 3.35. The molecule has 2 heterocycles. The van der Waals surface area contributed by atoms with Gasteiger partial charge in [-0.1, -0.05) is 103 Å². The highest BCUT2D eigenvalue weighted by atomic mass is 35.5. The van der Waals surface area contributed by atoms with Crippen LogP contribution in [0, 0.1) is 0 Å². The van der Waals surface area contributed by atoms with E-state index in [9.17, 15) is 0 Å². The van der Waals surface area contributed by atoms with Crippen LogP contribution in [0.1, 0.15) is 0 Å². The first-order valence-corrected chi connectivity index (χ1v) is 13.5. The van der Waals surface area contributed by atoms with E-state index >= 15 is 0 Å². The fourth-order valence-electron chi connectivity index (χ4n) is 6.10. The average Bonchev–Trinajstić information content (AvgIpc) is 3.50. The Balaban J connectivity index is 1.45. The van der Waals surface area contributed by atoms with E-state index in [-0.39, 0.29) is 0 Å². The predicted octanol–water partition coefficient (Wildman–Crippen LogP) is 10.2. The molecule has 0 saturated heterocycles. The third-order valence-electron chi connectivity index (χ3n) is 7.78. The summed E-state index contributed by atoms with van der Waals surface area (Å²) >= 11 is 6.59. The summed E-state index contributed by atoms with van der Waals surface area (Å²) in [4.78, 5) is 0. The van der Waals surface area contributed by atoms with Gasteiger partial charge in [0.2, 0.25) is 0 Å². The lowest BCUT2D eigenvalue weighted by molar-refractivity contribution is 1.17. The monoisotopic (exact) mass is 518 g/mol. The van der Waals surface area contributed by atoms with Crippen LogP contribution in [-0.2, 0) is 0 Å². The van der Waals surface area contributed by atoms with Crippen LogP contribution >= 0.6 is 11.6 Å². The average molecular weight is 519 g/mol. The topological polar surface area (TPSA) is 9.86 Å². The van der Waals surface area contributed by atoms with Gasteiger partial charge >= 0.3 is 0 Å². The molecule has 0 bridgehead atoms. The Bertz CT molecular complexity index is 2110. The molecule has 0 fully saturated rings. The van der Waals surface area contributed by atoms with Crippen LogP contribution in [0.5, 0.6) is 0 Å². The van der Waals surface area contributed by atoms with Crippen LogP contribution in [0.2, 0.25) is 5.02 Å². The van der Waals surface area contributed by atoms with Crippen molar-refractivity contribution in [3.05, 3.63) is 145 Å². The highest BCUT2D eigenvalue weighted by Gasteiger charge is 2.19. The Morgan fingerprint density at radius 2 is 1.03 bits per heavy atom. The molecule has 0 aliphatic carbocycles. The molecule has 8 rings (SSSR count). The number of nitrogens with zero attached hydrogens (tertiary/aromatic N) is 2. The number of benzene rings is 6. The Hall–Kier alpha value is -4.79. The first-order valence-electron chi connectivity index (χ1n) is 13.1. The summed E-state index contributed by atoms with van der Waals surface area (Å²) in [5.41, 5.74) is 9.33. The van der Waals surface area contributed by atoms with Gasteiger partial charge in [0, 0.05) is 32.3 Å². The fourth-order valence-corrected chi connectivity index (χ4v) is 6.27. The summed E-state index contributed by atoms with van der Waals surface area (Å²) in [7, 11) is 0. The van der Waals surface area contributed by atoms with Gasteiger partial charge in [0.25, 0.3) is 0 Å². The lowest BCUT2D eigenvalue weighted by atomic mass is 10.1. The van der Waals surface area contributed by atoms with Crippen LogP contribution < -0.4 is 0 Å². The normalized spacial score (nSPS) is 11.7. The number of hydrogen-bond acceptors (Lipinski definition) is 0. The van der Waals surface area contributed by atoms with Crippen LogP contribution in [0.15, 0.2) is 140 Å². The van der Waals surface area contributed by atoms with Crippen molar-refractivity contribution in [2.75, 3.05) is 0 Å². The molecule has 39 heavy (non-hydrogen) atoms. The maximum Gasteiger partial charge on any atom is 0.0562 e. The van der Waals surface area contributed by atoms with Crippen molar-refractivity contribution >= 4 is 55.2 Å². The molecule has 184 valence electrons. The number of aromatic nitrogens is 2. The molecular formula is C36H23ClN2. The molecule has 2 aromatic heterocycles. The predicted molar refractivity (Wildman–Crippen MR) is 166 cm³/mol. The van der Waals surface area contributed by atoms with Gasteiger partial charge in [-0.3, -0.25) is 0 Å². The zero-order chi connectivity index (χ0) is 25.9. The third-order valence-corrected chi connectivity index (χ3v) is 8.02. The Kier molecular flexibility index (Phi) is 4.91. The Labute approximate surface area is 230 Å². The molecule has 0 radical (unpaired) electrons. The van der Waals surface area contributed by atoms with Crippen molar-refractivity contribution < 1.29 is 0 Å². The summed E-state index contributed by atoms with van der Waals surface area (Å²) in [6.07, 6.45) is 0. The second-order valence-corrected chi connectivity index (χ2v) is 10.4. The standard InChI is InChI=1S/C36H23ClN2/c37-26-19-22-30-35(23-26)38(27-20-17-25(18-21-27)24-9-2-1-3-10-24)33-15-8-16-34(36(30)33)39-31-13-6-4-11-28(31)29-12-5-7-14-32(29)39/h1-23H. The van der Waals surface area contributed by atoms with Crippen molar-refractivity contribution in [3.8, 4) is 22.5 Å². The lowest BCUT2D eigenvalue weighted by Crippen LogP contribution is -1.96. The molecule has 3 heteroatoms. The van der Waals surface area contributed by atoms with E-state index in [1.165, 1.54) is 43.7 Å². The zero-order valence-corrected chi connectivity index (χ0v) is 21.8. The Morgan fingerprint density at radius 3 is 1.74 bits per heavy atom. The van der Waals surface area contributed by atoms with E-state index in [0.717, 1.165) is 27.4 Å². The molecule has 6 aromatic carbocycles. The summed E-state index contributed by atoms with van der Waals surface area (Å²) in [6.45, 7) is 0. The SMILES string of the molecule is Clc1ccc2c3c(-n4c5ccccc5c5ccccc54)cccc3n(-c3ccc(-c4ccccc4)cc3)c2c1. The molecule has 0 aliphatic heterocycles. The van der Waals surface area contributed by atoms with Crippen LogP contribution in [-0.4, -0.2) is 9.13 Å². The molecule has 0 N–H and O–H groups in total. The molecular weight excluding hydrogens is 496 g/mol. The minimum absolute atomic E-state index is 0.728. The maximum absolute atomic E-state index is 6.59. The van der Waals surface area contributed by atoms with E-state index in [1.54, 1.807) is 0 Å². The van der Waals surface area contributed by atoms with Crippen molar-refractivity contribution in [2.45, 2.75) is 0 Å². The van der Waals surface area contributed by atoms with E-state index < -0.39 is 0 Å². The van der Waals surface area contributed by atoms with Crippen LogP contribution in [0.4, 0.5) is 0 Å². The number of para-hydroxylation sites is 2. The second-order valence-electron chi connectivity index (χ2n) is 9.95. The second kappa shape index (κ2) is 8.62. The van der Waals surface area contributed by atoms with E-state index in [2.05, 4.69) is 143 Å². The quantitative estimate of drug-likeness (QED) is 0.220. The summed E-state index contributed by atoms with van der Waals surface area (Å²) < 4.78 is 4.74. The minimum atomic E-state index is 0.728. The van der Waals surface area contributed by atoms with Crippen molar-refractivity contribution in [2.24, 2.45) is 0 Å². The number of hydrogen-bond donors (Lipinski definition) is 0. The molecule has 0 aliphatic rings. The van der Waals surface area contributed by atoms with Gasteiger partial charge in [-0.05, 0) is 59.7 Å². The molecule has 0 unspecified atom stereocenters. The molecule has 0 atom stereocenters. The smallest absolute Gasteiger partial charge is 0.0562 e. The molecule has 0 spiro atoms. The van der Waals surface area contributed by atoms with Crippen LogP contribution in [0.25, 0.3) is 66.1 Å². The molecule has 0 saturated carbocycles. The van der Waals surface area contributed by atoms with Gasteiger partial charge in [-0.25, -0.2) is 0 Å². The van der Waals surface area contributed by atoms with Gasteiger partial charge < -0.3 is 9.13 Å². The summed E-state index contributed by atoms with van der Waals surface area (Å²) in [6, 6.07) is 49.5. The minimum Gasteiger partial charge on any atom is -0.309 e. The number of rotatable bonds is 3. The van der Waals surface area contributed by atoms with Crippen molar-refractivity contribution in [1.29, 1.82) is 0 Å². The first kappa shape index (κ1) is 22.2. The summed E-state index contributed by atoms with van der Waals surface area (Å²) in [5, 5.41) is 5.63. The number of halogens is 1. The fraction of sp³-hybridized carbons (Fsp3) is 0. The molecule has 0 amide bonds. The van der Waals surface area contributed by atoms with Gasteiger partial charge in [0.05, 0.1) is 27.8 Å². The lowest BCUT2D eigenvalue weighted by Gasteiger charge is -2.12. The van der Waals surface area contributed by atoms with Gasteiger partial charge in [-0.15, -0.1) is 0 Å². The maximum atomic E-state index is 6.59. The van der Waals surface area contributed by atoms with E-state index in [0.29, 0.717) is 0 Å². The first-order chi connectivity index (χ1) is 19.3. The highest BCUT2D eigenvalue weighted by molar-refractivity contribution is 6.32. The molecule has 8 aromatic rings. The number of fused-ring (bicyclic) bond motifs is 6. The van der Waals surface area contributed by atoms with Gasteiger partial charge in [0.1, 0.15) is 0 Å². The van der Waals surface area contributed by atoms with Crippen molar-refractivity contribution in [1.82, 2.24) is 9.13 Å². The van der Waals surface area contributed by atoms with E-state index in [4.69, 9.17) is 11.6 Å². The Morgan fingerprint density at radius 1 is 0.410 bits per heavy atom. The van der Waals surface area contributed by atoms with E-state index in [1.807, 2.05) is 6.07 Å². The highest BCUT2D eigenvalue weighted by Crippen LogP contribution is 2.40. The largest absolute Gasteiger partial charge is 0.309 e. The van der Waals surface area contributed by atoms with Gasteiger partial charge in [0.15, 0.2) is 0 Å². The van der Waals surface area contributed by atoms with Crippen LogP contribution in [0.3, 0.4) is 0 Å². The summed E-state index contributed by atoms with van der Waals surface area (Å²) in [5.74, 6) is 0. The van der Waals surface area contributed by atoms with Gasteiger partial charge in [-0.2, -0.15) is 0 Å². The van der Waals surface area contributed by atoms with Crippen molar-refractivity contribution in [3.63, 3.8) is 0 Å². The zero-order valence-electron chi connectivity index (χ0n) is 21.1. The molecule has 2 nitrogen and oxygen atoms in total.